The highest BCUT2D eigenvalue weighted by Gasteiger charge is 2.25. The number of rotatable bonds is 6. The number of thioether (sulfide) groups is 1. The zero-order valence-corrected chi connectivity index (χ0v) is 26.9. The molecule has 214 valence electrons. The highest BCUT2D eigenvalue weighted by atomic mass is 79.9. The number of hydrogen-bond donors (Lipinski definition) is 1. The number of aryl methyl sites for hydroxylation is 2. The molecule has 0 aliphatic heterocycles. The molecule has 2 aromatic carbocycles. The molecular weight excluding hydrogens is 559 g/mol. The standard InChI is InChI=1S/C11H14BrN.C9H12O.C5H9F3.C3H8.C2H6S/c1-4-9-5-6-10(12)7(2)11(9)8(3)13;1-3-8-4-6-9(10-2)7-5-8;1-2-3-4-5(6,7)8;2*1-3-2/h5-6,13H,4H2,1-3H3;4-7H,3H2,1-2H3;2-4H2,1H3;3H2,1-2H3;1-2H3. The second-order valence-electron chi connectivity index (χ2n) is 8.22. The fourth-order valence-corrected chi connectivity index (χ4v) is 3.13. The van der Waals surface area contributed by atoms with Crippen LogP contribution in [0.4, 0.5) is 13.2 Å². The summed E-state index contributed by atoms with van der Waals surface area (Å²) in [5, 5.41) is 7.70. The van der Waals surface area contributed by atoms with Gasteiger partial charge in [0.05, 0.1) is 7.11 Å². The highest BCUT2D eigenvalue weighted by molar-refractivity contribution is 9.10. The van der Waals surface area contributed by atoms with Crippen LogP contribution in [0.3, 0.4) is 0 Å². The van der Waals surface area contributed by atoms with Crippen LogP contribution in [0.25, 0.3) is 0 Å². The molecule has 37 heavy (non-hydrogen) atoms. The molecule has 0 atom stereocenters. The lowest BCUT2D eigenvalue weighted by atomic mass is 9.97. The molecule has 0 amide bonds. The molecule has 2 rings (SSSR count). The van der Waals surface area contributed by atoms with E-state index < -0.39 is 12.6 Å². The Morgan fingerprint density at radius 2 is 1.43 bits per heavy atom. The average Bonchev–Trinajstić information content (AvgIpc) is 2.85. The van der Waals surface area contributed by atoms with Gasteiger partial charge in [-0.15, -0.1) is 0 Å². The molecule has 0 aromatic heterocycles. The fraction of sp³-hybridized carbons (Fsp3) is 0.567. The first-order chi connectivity index (χ1) is 17.3. The minimum absolute atomic E-state index is 0.253. The van der Waals surface area contributed by atoms with Crippen LogP contribution < -0.4 is 4.74 Å². The van der Waals surface area contributed by atoms with Crippen molar-refractivity contribution in [3.05, 3.63) is 63.1 Å². The largest absolute Gasteiger partial charge is 0.497 e. The molecule has 0 aliphatic carbocycles. The number of halogens is 4. The number of methoxy groups -OCH3 is 1. The summed E-state index contributed by atoms with van der Waals surface area (Å²) in [6, 6.07) is 12.3. The lowest BCUT2D eigenvalue weighted by Crippen LogP contribution is -2.05. The zero-order chi connectivity index (χ0) is 29.4. The second kappa shape index (κ2) is 24.8. The Labute approximate surface area is 237 Å². The molecule has 0 bridgehead atoms. The Morgan fingerprint density at radius 3 is 1.73 bits per heavy atom. The van der Waals surface area contributed by atoms with Crippen LogP contribution in [0.15, 0.2) is 40.9 Å². The number of alkyl halides is 3. The maximum Gasteiger partial charge on any atom is 0.389 e. The Kier molecular flexibility index (Phi) is 26.9. The Bertz CT molecular complexity index is 800. The minimum Gasteiger partial charge on any atom is -0.497 e. The van der Waals surface area contributed by atoms with Crippen molar-refractivity contribution in [1.29, 1.82) is 5.41 Å². The molecule has 0 saturated heterocycles. The quantitative estimate of drug-likeness (QED) is 0.331. The first kappa shape index (κ1) is 40.0. The third-order valence-electron chi connectivity index (χ3n) is 4.62. The fourth-order valence-electron chi connectivity index (χ4n) is 2.80. The average molecular weight is 609 g/mol. The Hall–Kier alpha value is -1.47. The molecule has 0 fully saturated rings. The van der Waals surface area contributed by atoms with Crippen molar-refractivity contribution in [1.82, 2.24) is 0 Å². The number of unbranched alkanes of at least 4 members (excludes halogenated alkanes) is 1. The summed E-state index contributed by atoms with van der Waals surface area (Å²) in [5.74, 6) is 0.928. The van der Waals surface area contributed by atoms with Gasteiger partial charge in [0.2, 0.25) is 0 Å². The minimum atomic E-state index is -3.95. The highest BCUT2D eigenvalue weighted by Crippen LogP contribution is 2.24. The van der Waals surface area contributed by atoms with Crippen LogP contribution in [0.1, 0.15) is 89.5 Å². The van der Waals surface area contributed by atoms with E-state index in [-0.39, 0.29) is 6.42 Å². The number of benzene rings is 2. The van der Waals surface area contributed by atoms with E-state index in [9.17, 15) is 13.2 Å². The first-order valence-corrected chi connectivity index (χ1v) is 15.2. The number of hydrogen-bond acceptors (Lipinski definition) is 3. The molecule has 1 N–H and O–H groups in total. The van der Waals surface area contributed by atoms with Crippen molar-refractivity contribution in [3.8, 4) is 5.75 Å². The third-order valence-corrected chi connectivity index (χ3v) is 5.48. The summed E-state index contributed by atoms with van der Waals surface area (Å²) in [5.41, 5.74) is 5.52. The predicted octanol–water partition coefficient (Wildman–Crippen LogP) is 11.1. The van der Waals surface area contributed by atoms with E-state index in [4.69, 9.17) is 10.1 Å². The summed E-state index contributed by atoms with van der Waals surface area (Å²) in [6.07, 6.45) is 3.69. The maximum atomic E-state index is 11.2. The first-order valence-electron chi connectivity index (χ1n) is 12.8. The van der Waals surface area contributed by atoms with Crippen molar-refractivity contribution >= 4 is 33.4 Å². The van der Waals surface area contributed by atoms with E-state index in [1.807, 2.05) is 31.6 Å². The molecule has 0 saturated carbocycles. The van der Waals surface area contributed by atoms with E-state index in [1.54, 1.807) is 25.8 Å². The smallest absolute Gasteiger partial charge is 0.389 e. The van der Waals surface area contributed by atoms with Crippen LogP contribution in [-0.4, -0.2) is 31.5 Å². The summed E-state index contributed by atoms with van der Waals surface area (Å²) in [7, 11) is 1.68. The van der Waals surface area contributed by atoms with Gasteiger partial charge in [0.15, 0.2) is 0 Å². The SMILES string of the molecule is CCC.CCCCC(F)(F)F.CCc1ccc(Br)c(C)c1C(C)=N.CCc1ccc(OC)cc1.CSC. The van der Waals surface area contributed by atoms with Crippen molar-refractivity contribution in [2.75, 3.05) is 19.6 Å². The lowest BCUT2D eigenvalue weighted by Gasteiger charge is -2.11. The Morgan fingerprint density at radius 1 is 0.946 bits per heavy atom. The van der Waals surface area contributed by atoms with Crippen molar-refractivity contribution in [2.24, 2.45) is 0 Å². The summed E-state index contributed by atoms with van der Waals surface area (Å²) < 4.78 is 39.8. The maximum absolute atomic E-state index is 11.2. The van der Waals surface area contributed by atoms with Gasteiger partial charge < -0.3 is 10.1 Å². The van der Waals surface area contributed by atoms with Crippen LogP contribution >= 0.6 is 27.7 Å². The molecule has 2 nitrogen and oxygen atoms in total. The molecule has 0 heterocycles. The summed E-state index contributed by atoms with van der Waals surface area (Å²) >= 11 is 5.23. The molecule has 2 aromatic rings. The van der Waals surface area contributed by atoms with E-state index in [2.05, 4.69) is 74.8 Å². The van der Waals surface area contributed by atoms with Gasteiger partial charge in [-0.3, -0.25) is 0 Å². The molecular formula is C30H49BrF3NOS. The lowest BCUT2D eigenvalue weighted by molar-refractivity contribution is -0.135. The van der Waals surface area contributed by atoms with Crippen LogP contribution in [0.2, 0.25) is 0 Å². The van der Waals surface area contributed by atoms with E-state index in [1.165, 1.54) is 23.1 Å². The van der Waals surface area contributed by atoms with Crippen molar-refractivity contribution in [3.63, 3.8) is 0 Å². The molecule has 0 spiro atoms. The van der Waals surface area contributed by atoms with Gasteiger partial charge in [-0.05, 0) is 80.5 Å². The van der Waals surface area contributed by atoms with Crippen LogP contribution in [0, 0.1) is 12.3 Å². The van der Waals surface area contributed by atoms with Gasteiger partial charge in [0.25, 0.3) is 0 Å². The Balaban J connectivity index is -0.000000432. The second-order valence-corrected chi connectivity index (χ2v) is 9.89. The summed E-state index contributed by atoms with van der Waals surface area (Å²) in [4.78, 5) is 0. The summed E-state index contributed by atoms with van der Waals surface area (Å²) in [6.45, 7) is 14.1. The van der Waals surface area contributed by atoms with Gasteiger partial charge in [0, 0.05) is 22.2 Å². The molecule has 0 aliphatic rings. The third kappa shape index (κ3) is 22.2. The monoisotopic (exact) mass is 607 g/mol. The predicted molar refractivity (Wildman–Crippen MR) is 164 cm³/mol. The molecule has 0 radical (unpaired) electrons. The van der Waals surface area contributed by atoms with Crippen LogP contribution in [0.5, 0.6) is 5.75 Å². The molecule has 7 heteroatoms. The number of nitrogens with one attached hydrogen (secondary N) is 1. The van der Waals surface area contributed by atoms with Gasteiger partial charge in [-0.25, -0.2) is 0 Å². The molecule has 0 unspecified atom stereocenters. The van der Waals surface area contributed by atoms with E-state index >= 15 is 0 Å². The van der Waals surface area contributed by atoms with Gasteiger partial charge in [-0.1, -0.05) is 81.6 Å². The number of ether oxygens (including phenoxy) is 1. The zero-order valence-electron chi connectivity index (χ0n) is 24.5. The van der Waals surface area contributed by atoms with Gasteiger partial charge in [0.1, 0.15) is 5.75 Å². The van der Waals surface area contributed by atoms with Gasteiger partial charge >= 0.3 is 6.18 Å². The topological polar surface area (TPSA) is 33.1 Å². The van der Waals surface area contributed by atoms with Crippen LogP contribution in [-0.2, 0) is 12.8 Å². The van der Waals surface area contributed by atoms with Crippen molar-refractivity contribution in [2.45, 2.75) is 93.2 Å². The van der Waals surface area contributed by atoms with E-state index in [0.29, 0.717) is 12.1 Å². The van der Waals surface area contributed by atoms with Gasteiger partial charge in [-0.2, -0.15) is 24.9 Å². The van der Waals surface area contributed by atoms with E-state index in [0.717, 1.165) is 28.6 Å². The normalized spacial score (nSPS) is 9.68. The van der Waals surface area contributed by atoms with Crippen molar-refractivity contribution < 1.29 is 17.9 Å².